The Balaban J connectivity index is 2.43. The largest absolute Gasteiger partial charge is 0.397 e. The van der Waals surface area contributed by atoms with E-state index in [1.54, 1.807) is 19.1 Å². The molecule has 2 aromatic rings. The molecule has 0 fully saturated rings. The molecular weight excluding hydrogens is 279 g/mol. The quantitative estimate of drug-likeness (QED) is 0.855. The monoisotopic (exact) mass is 294 g/mol. The second kappa shape index (κ2) is 5.13. The highest BCUT2D eigenvalue weighted by atomic mass is 32.2. The van der Waals surface area contributed by atoms with Crippen LogP contribution in [0.1, 0.15) is 11.1 Å². The maximum atomic E-state index is 13.2. The lowest BCUT2D eigenvalue weighted by Crippen LogP contribution is -2.15. The number of sulfonamides is 1. The van der Waals surface area contributed by atoms with Crippen LogP contribution >= 0.6 is 0 Å². The third-order valence-corrected chi connectivity index (χ3v) is 4.41. The van der Waals surface area contributed by atoms with E-state index in [9.17, 15) is 12.8 Å². The Bertz CT molecular complexity index is 758. The summed E-state index contributed by atoms with van der Waals surface area (Å²) >= 11 is 0. The lowest BCUT2D eigenvalue weighted by atomic mass is 10.2. The number of aryl methyl sites for hydroxylation is 2. The predicted octanol–water partition coefficient (Wildman–Crippen LogP) is 2.83. The van der Waals surface area contributed by atoms with Crippen LogP contribution in [-0.4, -0.2) is 8.42 Å². The smallest absolute Gasteiger partial charge is 0.262 e. The zero-order valence-corrected chi connectivity index (χ0v) is 12.0. The summed E-state index contributed by atoms with van der Waals surface area (Å²) < 4.78 is 40.1. The Kier molecular flexibility index (Phi) is 3.67. The van der Waals surface area contributed by atoms with Crippen molar-refractivity contribution in [3.05, 3.63) is 53.3 Å². The SMILES string of the molecule is Cc1ccc(S(=O)(=O)Nc2cc(F)ccc2N)c(C)c1. The number of hydrogen-bond acceptors (Lipinski definition) is 3. The van der Waals surface area contributed by atoms with Crippen molar-refractivity contribution >= 4 is 21.4 Å². The van der Waals surface area contributed by atoms with Gasteiger partial charge < -0.3 is 5.73 Å². The summed E-state index contributed by atoms with van der Waals surface area (Å²) in [6.07, 6.45) is 0. The minimum absolute atomic E-state index is 0.0324. The van der Waals surface area contributed by atoms with Gasteiger partial charge in [0.15, 0.2) is 0 Å². The van der Waals surface area contributed by atoms with Gasteiger partial charge in [0.1, 0.15) is 5.82 Å². The average molecular weight is 294 g/mol. The first kappa shape index (κ1) is 14.3. The number of rotatable bonds is 3. The molecule has 20 heavy (non-hydrogen) atoms. The molecule has 0 bridgehead atoms. The molecule has 4 nitrogen and oxygen atoms in total. The third kappa shape index (κ3) is 2.91. The van der Waals surface area contributed by atoms with Crippen LogP contribution < -0.4 is 10.5 Å². The molecule has 0 aliphatic carbocycles. The van der Waals surface area contributed by atoms with Crippen molar-refractivity contribution in [3.8, 4) is 0 Å². The zero-order valence-electron chi connectivity index (χ0n) is 11.1. The summed E-state index contributed by atoms with van der Waals surface area (Å²) in [5, 5.41) is 0. The van der Waals surface area contributed by atoms with Gasteiger partial charge in [-0.05, 0) is 37.6 Å². The Morgan fingerprint density at radius 3 is 2.45 bits per heavy atom. The molecule has 0 saturated carbocycles. The maximum Gasteiger partial charge on any atom is 0.262 e. The summed E-state index contributed by atoms with van der Waals surface area (Å²) in [5.74, 6) is -0.558. The van der Waals surface area contributed by atoms with Gasteiger partial charge in [0.25, 0.3) is 10.0 Å². The molecule has 0 heterocycles. The van der Waals surface area contributed by atoms with Crippen LogP contribution in [-0.2, 0) is 10.0 Å². The van der Waals surface area contributed by atoms with E-state index in [-0.39, 0.29) is 16.3 Å². The van der Waals surface area contributed by atoms with Crippen LogP contribution in [0.5, 0.6) is 0 Å². The molecule has 6 heteroatoms. The minimum Gasteiger partial charge on any atom is -0.397 e. The first-order valence-corrected chi connectivity index (χ1v) is 7.43. The summed E-state index contributed by atoms with van der Waals surface area (Å²) in [4.78, 5) is 0.145. The summed E-state index contributed by atoms with van der Waals surface area (Å²) in [5.41, 5.74) is 7.42. The van der Waals surface area contributed by atoms with E-state index >= 15 is 0 Å². The number of anilines is 2. The number of nitrogens with one attached hydrogen (secondary N) is 1. The van der Waals surface area contributed by atoms with Crippen LogP contribution in [0.3, 0.4) is 0 Å². The molecule has 0 aliphatic heterocycles. The van der Waals surface area contributed by atoms with Crippen LogP contribution in [0.25, 0.3) is 0 Å². The van der Waals surface area contributed by atoms with E-state index in [1.807, 2.05) is 6.92 Å². The first-order valence-electron chi connectivity index (χ1n) is 5.95. The molecular formula is C14H15FN2O2S. The van der Waals surface area contributed by atoms with Gasteiger partial charge in [-0.15, -0.1) is 0 Å². The van der Waals surface area contributed by atoms with Gasteiger partial charge in [-0.1, -0.05) is 17.7 Å². The van der Waals surface area contributed by atoms with Crippen LogP contribution in [0.2, 0.25) is 0 Å². The van der Waals surface area contributed by atoms with Gasteiger partial charge in [-0.25, -0.2) is 12.8 Å². The molecule has 0 aromatic heterocycles. The molecule has 106 valence electrons. The van der Waals surface area contributed by atoms with Crippen molar-refractivity contribution in [1.82, 2.24) is 0 Å². The number of hydrogen-bond donors (Lipinski definition) is 2. The molecule has 0 radical (unpaired) electrons. The summed E-state index contributed by atoms with van der Waals surface area (Å²) in [7, 11) is -3.80. The van der Waals surface area contributed by atoms with E-state index in [2.05, 4.69) is 4.72 Å². The number of nitrogen functional groups attached to an aromatic ring is 1. The molecule has 2 aromatic carbocycles. The van der Waals surface area contributed by atoms with Crippen molar-refractivity contribution in [2.45, 2.75) is 18.7 Å². The predicted molar refractivity (Wildman–Crippen MR) is 77.5 cm³/mol. The molecule has 0 saturated heterocycles. The Morgan fingerprint density at radius 1 is 1.10 bits per heavy atom. The Hall–Kier alpha value is -2.08. The highest BCUT2D eigenvalue weighted by Crippen LogP contribution is 2.24. The van der Waals surface area contributed by atoms with Crippen molar-refractivity contribution in [2.24, 2.45) is 0 Å². The fraction of sp³-hybridized carbons (Fsp3) is 0.143. The molecule has 0 aliphatic rings. The molecule has 2 rings (SSSR count). The highest BCUT2D eigenvalue weighted by Gasteiger charge is 2.18. The molecule has 0 spiro atoms. The topological polar surface area (TPSA) is 72.2 Å². The van der Waals surface area contributed by atoms with E-state index in [1.165, 1.54) is 18.2 Å². The van der Waals surface area contributed by atoms with Crippen LogP contribution in [0.4, 0.5) is 15.8 Å². The third-order valence-electron chi connectivity index (χ3n) is 2.88. The van der Waals surface area contributed by atoms with E-state index in [4.69, 9.17) is 5.73 Å². The first-order chi connectivity index (χ1) is 9.29. The second-order valence-corrected chi connectivity index (χ2v) is 6.26. The number of benzene rings is 2. The lowest BCUT2D eigenvalue weighted by molar-refractivity contribution is 0.600. The highest BCUT2D eigenvalue weighted by molar-refractivity contribution is 7.92. The Morgan fingerprint density at radius 2 is 1.80 bits per heavy atom. The van der Waals surface area contributed by atoms with Gasteiger partial charge in [0.2, 0.25) is 0 Å². The number of halogens is 1. The molecule has 3 N–H and O–H groups in total. The molecule has 0 atom stereocenters. The molecule has 0 amide bonds. The zero-order chi connectivity index (χ0) is 14.9. The van der Waals surface area contributed by atoms with Crippen LogP contribution in [0, 0.1) is 19.7 Å². The van der Waals surface area contributed by atoms with Gasteiger partial charge in [-0.2, -0.15) is 0 Å². The Labute approximate surface area is 117 Å². The van der Waals surface area contributed by atoms with E-state index in [0.717, 1.165) is 11.6 Å². The van der Waals surface area contributed by atoms with E-state index < -0.39 is 15.8 Å². The van der Waals surface area contributed by atoms with Gasteiger partial charge >= 0.3 is 0 Å². The van der Waals surface area contributed by atoms with Crippen molar-refractivity contribution in [1.29, 1.82) is 0 Å². The minimum atomic E-state index is -3.80. The lowest BCUT2D eigenvalue weighted by Gasteiger charge is -2.12. The summed E-state index contributed by atoms with van der Waals surface area (Å²) in [6.45, 7) is 3.58. The fourth-order valence-electron chi connectivity index (χ4n) is 1.92. The van der Waals surface area contributed by atoms with Gasteiger partial charge in [-0.3, -0.25) is 4.72 Å². The van der Waals surface area contributed by atoms with Crippen molar-refractivity contribution in [3.63, 3.8) is 0 Å². The van der Waals surface area contributed by atoms with Crippen LogP contribution in [0.15, 0.2) is 41.3 Å². The summed E-state index contributed by atoms with van der Waals surface area (Å²) in [6, 6.07) is 8.53. The molecule has 0 unspecified atom stereocenters. The number of nitrogens with two attached hydrogens (primary N) is 1. The average Bonchev–Trinajstić information content (AvgIpc) is 2.33. The van der Waals surface area contributed by atoms with E-state index in [0.29, 0.717) is 5.56 Å². The van der Waals surface area contributed by atoms with Gasteiger partial charge in [0, 0.05) is 6.07 Å². The normalized spacial score (nSPS) is 11.3. The fourth-order valence-corrected chi connectivity index (χ4v) is 3.22. The van der Waals surface area contributed by atoms with Gasteiger partial charge in [0.05, 0.1) is 16.3 Å². The standard InChI is InChI=1S/C14H15FN2O2S/c1-9-3-6-14(10(2)7-9)20(18,19)17-13-8-11(15)4-5-12(13)16/h3-8,17H,16H2,1-2H3. The van der Waals surface area contributed by atoms with Crippen molar-refractivity contribution in [2.75, 3.05) is 10.5 Å². The maximum absolute atomic E-state index is 13.2. The second-order valence-electron chi connectivity index (χ2n) is 4.61. The van der Waals surface area contributed by atoms with Crippen molar-refractivity contribution < 1.29 is 12.8 Å².